The first-order chi connectivity index (χ1) is 18.1. The van der Waals surface area contributed by atoms with Crippen molar-refractivity contribution in [3.63, 3.8) is 0 Å². The van der Waals surface area contributed by atoms with E-state index in [1.54, 1.807) is 17.9 Å². The molecule has 186 valence electrons. The summed E-state index contributed by atoms with van der Waals surface area (Å²) in [6, 6.07) is 23.1. The van der Waals surface area contributed by atoms with Crippen LogP contribution in [-0.4, -0.2) is 58.0 Å². The lowest BCUT2D eigenvalue weighted by Gasteiger charge is -2.36. The van der Waals surface area contributed by atoms with Crippen molar-refractivity contribution in [3.05, 3.63) is 107 Å². The molecule has 1 amide bonds. The molecule has 0 bridgehead atoms. The summed E-state index contributed by atoms with van der Waals surface area (Å²) in [4.78, 5) is 35.3. The molecule has 1 fully saturated rings. The van der Waals surface area contributed by atoms with Crippen molar-refractivity contribution in [1.82, 2.24) is 18.9 Å². The molecular weight excluding hydrogens is 466 g/mol. The van der Waals surface area contributed by atoms with Gasteiger partial charge in [-0.3, -0.25) is 14.2 Å². The summed E-state index contributed by atoms with van der Waals surface area (Å²) in [5.41, 5.74) is 4.61. The summed E-state index contributed by atoms with van der Waals surface area (Å²) in [6.45, 7) is 3.16. The molecule has 2 aromatic carbocycles. The zero-order chi connectivity index (χ0) is 25.4. The Morgan fingerprint density at radius 3 is 2.49 bits per heavy atom. The predicted molar refractivity (Wildman–Crippen MR) is 144 cm³/mol. The highest BCUT2D eigenvalue weighted by Gasteiger charge is 2.23. The van der Waals surface area contributed by atoms with Crippen molar-refractivity contribution >= 4 is 28.3 Å². The van der Waals surface area contributed by atoms with E-state index in [1.807, 2.05) is 88.3 Å². The normalized spacial score (nSPS) is 13.9. The van der Waals surface area contributed by atoms with E-state index in [2.05, 4.69) is 9.88 Å². The van der Waals surface area contributed by atoms with E-state index in [9.17, 15) is 9.59 Å². The first-order valence-electron chi connectivity index (χ1n) is 12.3. The van der Waals surface area contributed by atoms with Crippen molar-refractivity contribution in [1.29, 1.82) is 0 Å². The van der Waals surface area contributed by atoms with E-state index in [0.717, 1.165) is 35.6 Å². The van der Waals surface area contributed by atoms with Crippen LogP contribution in [0.15, 0.2) is 90.0 Å². The topological polar surface area (TPSA) is 72.1 Å². The molecule has 37 heavy (non-hydrogen) atoms. The summed E-state index contributed by atoms with van der Waals surface area (Å²) in [5, 5.41) is 0. The summed E-state index contributed by atoms with van der Waals surface area (Å²) in [5.74, 6) is 0.838. The van der Waals surface area contributed by atoms with Gasteiger partial charge >= 0.3 is 0 Å². The number of fused-ring (bicyclic) bond motifs is 3. The maximum atomic E-state index is 13.4. The van der Waals surface area contributed by atoms with Gasteiger partial charge in [0.25, 0.3) is 11.5 Å². The monoisotopic (exact) mass is 493 g/mol. The number of hydrogen-bond donors (Lipinski definition) is 0. The lowest BCUT2D eigenvalue weighted by atomic mass is 10.1. The molecule has 1 saturated heterocycles. The fourth-order valence-electron chi connectivity index (χ4n) is 5.06. The van der Waals surface area contributed by atoms with E-state index >= 15 is 0 Å². The molecule has 0 radical (unpaired) electrons. The van der Waals surface area contributed by atoms with Gasteiger partial charge in [0.05, 0.1) is 19.2 Å². The molecule has 1 aliphatic heterocycles. The molecule has 0 saturated carbocycles. The Morgan fingerprint density at radius 1 is 0.919 bits per heavy atom. The van der Waals surface area contributed by atoms with Crippen LogP contribution in [0.2, 0.25) is 0 Å². The average Bonchev–Trinajstić information content (AvgIpc) is 3.46. The number of ether oxygens (including phenoxy) is 1. The number of carbonyl (C=O) groups excluding carboxylic acids is 1. The third-order valence-electron chi connectivity index (χ3n) is 7.01. The minimum absolute atomic E-state index is 0.00797. The predicted octanol–water partition coefficient (Wildman–Crippen LogP) is 3.67. The number of pyridine rings is 1. The molecule has 1 aliphatic rings. The quantitative estimate of drug-likeness (QED) is 0.374. The smallest absolute Gasteiger partial charge is 0.276 e. The summed E-state index contributed by atoms with van der Waals surface area (Å²) >= 11 is 0. The number of aromatic nitrogens is 3. The van der Waals surface area contributed by atoms with E-state index in [-0.39, 0.29) is 11.5 Å². The van der Waals surface area contributed by atoms with Gasteiger partial charge in [-0.2, -0.15) is 0 Å². The van der Waals surface area contributed by atoms with Gasteiger partial charge in [0, 0.05) is 49.8 Å². The van der Waals surface area contributed by atoms with Crippen LogP contribution in [0, 0.1) is 0 Å². The van der Waals surface area contributed by atoms with Gasteiger partial charge in [0.15, 0.2) is 5.65 Å². The Morgan fingerprint density at radius 2 is 1.70 bits per heavy atom. The van der Waals surface area contributed by atoms with Gasteiger partial charge in [-0.1, -0.05) is 12.1 Å². The summed E-state index contributed by atoms with van der Waals surface area (Å²) in [6.07, 6.45) is 3.57. The molecule has 8 nitrogen and oxygen atoms in total. The third-order valence-corrected chi connectivity index (χ3v) is 7.01. The molecule has 0 aliphatic carbocycles. The SMILES string of the molecule is COc1ccc(N2CCN(C(=O)c3cccc(Cn4c(=O)c5cccn5c5cccnc54)c3)CC2)cc1. The van der Waals surface area contributed by atoms with Gasteiger partial charge < -0.3 is 18.9 Å². The van der Waals surface area contributed by atoms with Gasteiger partial charge in [-0.25, -0.2) is 4.98 Å². The third kappa shape index (κ3) is 4.20. The zero-order valence-electron chi connectivity index (χ0n) is 20.6. The van der Waals surface area contributed by atoms with Crippen molar-refractivity contribution in [2.75, 3.05) is 38.2 Å². The van der Waals surface area contributed by atoms with Crippen LogP contribution in [-0.2, 0) is 6.54 Å². The Hall–Kier alpha value is -4.59. The van der Waals surface area contributed by atoms with Gasteiger partial charge in [0.2, 0.25) is 0 Å². The maximum absolute atomic E-state index is 13.4. The van der Waals surface area contributed by atoms with Crippen LogP contribution < -0.4 is 15.2 Å². The lowest BCUT2D eigenvalue weighted by Crippen LogP contribution is -2.48. The van der Waals surface area contributed by atoms with Gasteiger partial charge in [0.1, 0.15) is 11.3 Å². The number of benzene rings is 2. The Labute approximate surface area is 213 Å². The van der Waals surface area contributed by atoms with Crippen molar-refractivity contribution < 1.29 is 9.53 Å². The van der Waals surface area contributed by atoms with Crippen LogP contribution in [0.3, 0.4) is 0 Å². The van der Waals surface area contributed by atoms with E-state index in [4.69, 9.17) is 4.74 Å². The van der Waals surface area contributed by atoms with Crippen molar-refractivity contribution in [3.8, 4) is 5.75 Å². The van der Waals surface area contributed by atoms with E-state index in [0.29, 0.717) is 36.4 Å². The Balaban J connectivity index is 1.21. The summed E-state index contributed by atoms with van der Waals surface area (Å²) in [7, 11) is 1.66. The number of amides is 1. The van der Waals surface area contributed by atoms with Crippen LogP contribution in [0.4, 0.5) is 5.69 Å². The number of rotatable bonds is 5. The second kappa shape index (κ2) is 9.46. The van der Waals surface area contributed by atoms with Crippen LogP contribution >= 0.6 is 0 Å². The first kappa shape index (κ1) is 22.8. The second-order valence-corrected chi connectivity index (χ2v) is 9.18. The molecule has 0 unspecified atom stereocenters. The minimum atomic E-state index is -0.109. The molecule has 0 spiro atoms. The molecule has 8 heteroatoms. The molecule has 6 rings (SSSR count). The molecule has 4 heterocycles. The fourth-order valence-corrected chi connectivity index (χ4v) is 5.06. The number of nitrogens with zero attached hydrogens (tertiary/aromatic N) is 5. The number of methoxy groups -OCH3 is 1. The number of carbonyl (C=O) groups is 1. The Bertz CT molecular complexity index is 1650. The van der Waals surface area contributed by atoms with E-state index in [1.165, 1.54) is 0 Å². The zero-order valence-corrected chi connectivity index (χ0v) is 20.6. The van der Waals surface area contributed by atoms with Crippen molar-refractivity contribution in [2.45, 2.75) is 6.54 Å². The number of piperazine rings is 1. The maximum Gasteiger partial charge on any atom is 0.276 e. The highest BCUT2D eigenvalue weighted by atomic mass is 16.5. The highest BCUT2D eigenvalue weighted by molar-refractivity contribution is 5.94. The number of anilines is 1. The second-order valence-electron chi connectivity index (χ2n) is 9.18. The lowest BCUT2D eigenvalue weighted by molar-refractivity contribution is 0.0746. The largest absolute Gasteiger partial charge is 0.497 e. The molecular formula is C29H27N5O3. The first-order valence-corrected chi connectivity index (χ1v) is 12.3. The van der Waals surface area contributed by atoms with Crippen LogP contribution in [0.1, 0.15) is 15.9 Å². The van der Waals surface area contributed by atoms with Gasteiger partial charge in [-0.15, -0.1) is 0 Å². The van der Waals surface area contributed by atoms with Crippen molar-refractivity contribution in [2.24, 2.45) is 0 Å². The summed E-state index contributed by atoms with van der Waals surface area (Å²) < 4.78 is 8.80. The standard InChI is InChI=1S/C29H27N5O3/c1-37-24-11-9-23(10-12-24)31-15-17-32(18-16-31)28(35)22-6-2-5-21(19-22)20-34-27-25(7-3-13-30-27)33-14-4-8-26(33)29(34)36/h2-14,19H,15-18,20H2,1H3. The molecule has 0 N–H and O–H groups in total. The van der Waals surface area contributed by atoms with Crippen LogP contribution in [0.25, 0.3) is 16.7 Å². The molecule has 0 atom stereocenters. The molecule has 5 aromatic rings. The highest BCUT2D eigenvalue weighted by Crippen LogP contribution is 2.21. The fraction of sp³-hybridized carbons (Fsp3) is 0.207. The Kier molecular flexibility index (Phi) is 5.84. The van der Waals surface area contributed by atoms with Crippen LogP contribution in [0.5, 0.6) is 5.75 Å². The number of hydrogen-bond acceptors (Lipinski definition) is 5. The average molecular weight is 494 g/mol. The minimum Gasteiger partial charge on any atom is -0.497 e. The van der Waals surface area contributed by atoms with E-state index < -0.39 is 0 Å². The van der Waals surface area contributed by atoms with Gasteiger partial charge in [-0.05, 0) is 66.2 Å². The molecule has 3 aromatic heterocycles.